The predicted molar refractivity (Wildman–Crippen MR) is 74.4 cm³/mol. The molecule has 0 aromatic heterocycles. The van der Waals surface area contributed by atoms with Crippen molar-refractivity contribution in [3.8, 4) is 6.07 Å². The van der Waals surface area contributed by atoms with Gasteiger partial charge < -0.3 is 10.1 Å². The number of ether oxygens (including phenoxy) is 1. The molecule has 20 heavy (non-hydrogen) atoms. The Bertz CT molecular complexity index is 578. The van der Waals surface area contributed by atoms with Crippen molar-refractivity contribution in [1.29, 1.82) is 5.26 Å². The van der Waals surface area contributed by atoms with Crippen LogP contribution in [0.5, 0.6) is 0 Å². The van der Waals surface area contributed by atoms with Crippen LogP contribution >= 0.6 is 0 Å². The van der Waals surface area contributed by atoms with Crippen LogP contribution in [-0.2, 0) is 4.74 Å². The number of anilines is 1. The van der Waals surface area contributed by atoms with Gasteiger partial charge in [0.05, 0.1) is 11.0 Å². The fourth-order valence-electron chi connectivity index (χ4n) is 2.60. The van der Waals surface area contributed by atoms with E-state index in [0.717, 1.165) is 6.42 Å². The van der Waals surface area contributed by atoms with Crippen LogP contribution in [0.25, 0.3) is 0 Å². The average molecular weight is 275 g/mol. The van der Waals surface area contributed by atoms with E-state index < -0.39 is 4.92 Å². The van der Waals surface area contributed by atoms with Crippen molar-refractivity contribution < 1.29 is 9.66 Å². The number of nitrogens with one attached hydrogen (secondary N) is 1. The van der Waals surface area contributed by atoms with Crippen molar-refractivity contribution in [3.63, 3.8) is 0 Å². The van der Waals surface area contributed by atoms with Crippen LogP contribution in [0.1, 0.15) is 25.8 Å². The van der Waals surface area contributed by atoms with Gasteiger partial charge in [-0.2, -0.15) is 5.26 Å². The van der Waals surface area contributed by atoms with Gasteiger partial charge in [-0.15, -0.1) is 0 Å². The van der Waals surface area contributed by atoms with Crippen molar-refractivity contribution in [2.75, 3.05) is 12.4 Å². The molecule has 0 radical (unpaired) electrons. The summed E-state index contributed by atoms with van der Waals surface area (Å²) in [6.07, 6.45) is 1.05. The molecule has 1 aromatic carbocycles. The first-order valence-corrected chi connectivity index (χ1v) is 6.38. The first kappa shape index (κ1) is 14.3. The number of nitriles is 1. The Morgan fingerprint density at radius 1 is 1.55 bits per heavy atom. The third-order valence-corrected chi connectivity index (χ3v) is 4.12. The highest BCUT2D eigenvalue weighted by molar-refractivity contribution is 5.59. The number of benzene rings is 1. The molecule has 1 aliphatic carbocycles. The molecule has 106 valence electrons. The summed E-state index contributed by atoms with van der Waals surface area (Å²) in [6, 6.07) is 6.60. The third-order valence-electron chi connectivity index (χ3n) is 4.12. The molecule has 0 heterocycles. The first-order chi connectivity index (χ1) is 9.40. The molecule has 1 saturated carbocycles. The Hall–Kier alpha value is -2.13. The van der Waals surface area contributed by atoms with E-state index in [1.807, 2.05) is 6.07 Å². The summed E-state index contributed by atoms with van der Waals surface area (Å²) in [4.78, 5) is 10.4. The van der Waals surface area contributed by atoms with Crippen LogP contribution in [0.2, 0.25) is 0 Å². The smallest absolute Gasteiger partial charge is 0.289 e. The Labute approximate surface area is 117 Å². The normalized spacial score (nSPS) is 23.5. The van der Waals surface area contributed by atoms with E-state index in [9.17, 15) is 10.1 Å². The van der Waals surface area contributed by atoms with Crippen molar-refractivity contribution in [2.24, 2.45) is 5.41 Å². The Kier molecular flexibility index (Phi) is 3.64. The maximum atomic E-state index is 10.9. The zero-order chi connectivity index (χ0) is 14.9. The first-order valence-electron chi connectivity index (χ1n) is 6.38. The fraction of sp³-hybridized carbons (Fsp3) is 0.500. The SMILES string of the molecule is COC1CC(Nc2ccc(C#N)c([N+](=O)[O-])c2)C1(C)C. The maximum absolute atomic E-state index is 10.9. The number of rotatable bonds is 4. The fourth-order valence-corrected chi connectivity index (χ4v) is 2.60. The van der Waals surface area contributed by atoms with Gasteiger partial charge in [-0.3, -0.25) is 10.1 Å². The Balaban J connectivity index is 2.18. The lowest BCUT2D eigenvalue weighted by molar-refractivity contribution is -0.385. The second-order valence-electron chi connectivity index (χ2n) is 5.58. The van der Waals surface area contributed by atoms with Crippen LogP contribution in [0.3, 0.4) is 0 Å². The van der Waals surface area contributed by atoms with E-state index in [1.54, 1.807) is 13.2 Å². The quantitative estimate of drug-likeness (QED) is 0.674. The number of methoxy groups -OCH3 is 1. The molecule has 2 rings (SSSR count). The van der Waals surface area contributed by atoms with Crippen LogP contribution < -0.4 is 5.32 Å². The molecule has 1 aliphatic rings. The van der Waals surface area contributed by atoms with E-state index in [1.165, 1.54) is 12.1 Å². The van der Waals surface area contributed by atoms with Crippen molar-refractivity contribution in [3.05, 3.63) is 33.9 Å². The minimum atomic E-state index is -0.534. The molecule has 0 aliphatic heterocycles. The summed E-state index contributed by atoms with van der Waals surface area (Å²) in [6.45, 7) is 4.20. The highest BCUT2D eigenvalue weighted by Crippen LogP contribution is 2.44. The lowest BCUT2D eigenvalue weighted by atomic mass is 9.64. The summed E-state index contributed by atoms with van der Waals surface area (Å²) < 4.78 is 5.38. The van der Waals surface area contributed by atoms with Gasteiger partial charge >= 0.3 is 0 Å². The zero-order valence-electron chi connectivity index (χ0n) is 11.7. The molecule has 2 atom stereocenters. The summed E-state index contributed by atoms with van der Waals surface area (Å²) in [7, 11) is 1.69. The van der Waals surface area contributed by atoms with Crippen LogP contribution in [-0.4, -0.2) is 24.2 Å². The van der Waals surface area contributed by atoms with Gasteiger partial charge in [0.25, 0.3) is 5.69 Å². The lowest BCUT2D eigenvalue weighted by Crippen LogP contribution is -2.57. The molecule has 1 N–H and O–H groups in total. The van der Waals surface area contributed by atoms with Gasteiger partial charge in [0.1, 0.15) is 11.6 Å². The zero-order valence-corrected chi connectivity index (χ0v) is 11.7. The number of hydrogen-bond acceptors (Lipinski definition) is 5. The van der Waals surface area contributed by atoms with Crippen molar-refractivity contribution in [2.45, 2.75) is 32.4 Å². The van der Waals surface area contributed by atoms with Crippen molar-refractivity contribution in [1.82, 2.24) is 0 Å². The topological polar surface area (TPSA) is 88.2 Å². The van der Waals surface area contributed by atoms with E-state index in [0.29, 0.717) is 5.69 Å². The van der Waals surface area contributed by atoms with Gasteiger partial charge in [0.15, 0.2) is 0 Å². The molecular formula is C14H17N3O3. The van der Waals surface area contributed by atoms with Crippen LogP contribution in [0.4, 0.5) is 11.4 Å². The van der Waals surface area contributed by atoms with Gasteiger partial charge in [-0.05, 0) is 18.6 Å². The van der Waals surface area contributed by atoms with Crippen LogP contribution in [0, 0.1) is 26.9 Å². The van der Waals surface area contributed by atoms with Gasteiger partial charge in [0, 0.05) is 30.3 Å². The lowest BCUT2D eigenvalue weighted by Gasteiger charge is -2.51. The van der Waals surface area contributed by atoms with E-state index in [-0.39, 0.29) is 28.8 Å². The van der Waals surface area contributed by atoms with Crippen molar-refractivity contribution >= 4 is 11.4 Å². The molecular weight excluding hydrogens is 258 g/mol. The third kappa shape index (κ3) is 2.32. The monoisotopic (exact) mass is 275 g/mol. The molecule has 0 spiro atoms. The Morgan fingerprint density at radius 3 is 2.75 bits per heavy atom. The van der Waals surface area contributed by atoms with Crippen LogP contribution in [0.15, 0.2) is 18.2 Å². The molecule has 6 heteroatoms. The number of nitro groups is 1. The molecule has 2 unspecified atom stereocenters. The van der Waals surface area contributed by atoms with E-state index >= 15 is 0 Å². The minimum Gasteiger partial charge on any atom is -0.381 e. The van der Waals surface area contributed by atoms with Gasteiger partial charge in [-0.25, -0.2) is 0 Å². The molecule has 0 amide bonds. The molecule has 0 saturated heterocycles. The van der Waals surface area contributed by atoms with Gasteiger partial charge in [-0.1, -0.05) is 13.8 Å². The highest BCUT2D eigenvalue weighted by atomic mass is 16.6. The second-order valence-corrected chi connectivity index (χ2v) is 5.58. The highest BCUT2D eigenvalue weighted by Gasteiger charge is 2.48. The summed E-state index contributed by atoms with van der Waals surface area (Å²) >= 11 is 0. The minimum absolute atomic E-state index is 0.0303. The standard InChI is InChI=1S/C14H17N3O3/c1-14(2)12(7-13(14)20-3)16-10-5-4-9(8-15)11(6-10)17(18)19/h4-6,12-13,16H,7H2,1-3H3. The predicted octanol–water partition coefficient (Wildman–Crippen LogP) is 2.69. The maximum Gasteiger partial charge on any atom is 0.289 e. The Morgan fingerprint density at radius 2 is 2.25 bits per heavy atom. The summed E-state index contributed by atoms with van der Waals surface area (Å²) in [5.74, 6) is 0. The van der Waals surface area contributed by atoms with Gasteiger partial charge in [0.2, 0.25) is 0 Å². The molecule has 1 fully saturated rings. The molecule has 6 nitrogen and oxygen atoms in total. The number of nitro benzene ring substituents is 1. The largest absolute Gasteiger partial charge is 0.381 e. The molecule has 0 bridgehead atoms. The van der Waals surface area contributed by atoms with E-state index in [4.69, 9.17) is 10.00 Å². The molecule has 1 aromatic rings. The summed E-state index contributed by atoms with van der Waals surface area (Å²) in [5, 5.41) is 23.1. The second kappa shape index (κ2) is 5.10. The summed E-state index contributed by atoms with van der Waals surface area (Å²) in [5.41, 5.74) is 0.529. The van der Waals surface area contributed by atoms with E-state index in [2.05, 4.69) is 19.2 Å². The number of hydrogen-bond donors (Lipinski definition) is 1. The average Bonchev–Trinajstić information content (AvgIpc) is 2.42. The number of nitrogens with zero attached hydrogens (tertiary/aromatic N) is 2.